The molecule has 0 amide bonds. The minimum absolute atomic E-state index is 0.00200. The third kappa shape index (κ3) is 3.39. The first-order chi connectivity index (χ1) is 10.3. The van der Waals surface area contributed by atoms with Gasteiger partial charge in [0.15, 0.2) is 15.6 Å². The van der Waals surface area contributed by atoms with Crippen LogP contribution in [0.2, 0.25) is 5.02 Å². The van der Waals surface area contributed by atoms with Crippen molar-refractivity contribution in [1.29, 1.82) is 0 Å². The molecule has 0 atom stereocenters. The van der Waals surface area contributed by atoms with Crippen LogP contribution >= 0.6 is 27.5 Å². The number of carbonyl (C=O) groups excluding carboxylic acids is 1. The standard InChI is InChI=1S/C15H11BrClFO3S/c1-2-22(20,21)10-4-6-11(13(16)8-10)15(19)12-5-3-9(18)7-14(12)17/h3-8H,2H2,1H3. The molecular weight excluding hydrogens is 395 g/mol. The van der Waals surface area contributed by atoms with Gasteiger partial charge in [0.05, 0.1) is 15.7 Å². The third-order valence-corrected chi connectivity index (χ3v) is 5.80. The molecule has 0 aliphatic heterocycles. The molecule has 116 valence electrons. The Balaban J connectivity index is 2.48. The van der Waals surface area contributed by atoms with Crippen LogP contribution in [0.1, 0.15) is 22.8 Å². The van der Waals surface area contributed by atoms with Crippen molar-refractivity contribution in [3.8, 4) is 0 Å². The van der Waals surface area contributed by atoms with Gasteiger partial charge in [0.2, 0.25) is 0 Å². The summed E-state index contributed by atoms with van der Waals surface area (Å²) in [6.45, 7) is 1.54. The second kappa shape index (κ2) is 6.48. The first-order valence-electron chi connectivity index (χ1n) is 6.28. The van der Waals surface area contributed by atoms with Gasteiger partial charge in [0.25, 0.3) is 0 Å². The predicted molar refractivity (Wildman–Crippen MR) is 86.7 cm³/mol. The van der Waals surface area contributed by atoms with Crippen molar-refractivity contribution < 1.29 is 17.6 Å². The molecule has 0 aromatic heterocycles. The zero-order valence-electron chi connectivity index (χ0n) is 11.4. The van der Waals surface area contributed by atoms with Gasteiger partial charge >= 0.3 is 0 Å². The lowest BCUT2D eigenvalue weighted by Gasteiger charge is -2.08. The Bertz CT molecular complexity index is 850. The molecule has 0 fully saturated rings. The highest BCUT2D eigenvalue weighted by Crippen LogP contribution is 2.27. The molecule has 0 unspecified atom stereocenters. The maximum Gasteiger partial charge on any atom is 0.195 e. The van der Waals surface area contributed by atoms with E-state index < -0.39 is 21.4 Å². The predicted octanol–water partition coefficient (Wildman–Crippen LogP) is 4.27. The van der Waals surface area contributed by atoms with Crippen molar-refractivity contribution in [3.05, 3.63) is 62.8 Å². The lowest BCUT2D eigenvalue weighted by molar-refractivity contribution is 0.103. The number of carbonyl (C=O) groups is 1. The largest absolute Gasteiger partial charge is 0.289 e. The molecule has 2 aromatic rings. The van der Waals surface area contributed by atoms with E-state index in [9.17, 15) is 17.6 Å². The first kappa shape index (κ1) is 17.1. The van der Waals surface area contributed by atoms with Gasteiger partial charge < -0.3 is 0 Å². The van der Waals surface area contributed by atoms with Crippen molar-refractivity contribution >= 4 is 43.2 Å². The fraction of sp³-hybridized carbons (Fsp3) is 0.133. The number of hydrogen-bond acceptors (Lipinski definition) is 3. The fourth-order valence-corrected chi connectivity index (χ4v) is 3.73. The average Bonchev–Trinajstić information content (AvgIpc) is 2.46. The summed E-state index contributed by atoms with van der Waals surface area (Å²) in [5.41, 5.74) is 0.401. The molecular formula is C15H11BrClFO3S. The average molecular weight is 406 g/mol. The van der Waals surface area contributed by atoms with Gasteiger partial charge in [-0.05, 0) is 52.3 Å². The van der Waals surface area contributed by atoms with Gasteiger partial charge in [0, 0.05) is 15.6 Å². The van der Waals surface area contributed by atoms with E-state index in [1.807, 2.05) is 0 Å². The quantitative estimate of drug-likeness (QED) is 0.714. The zero-order valence-corrected chi connectivity index (χ0v) is 14.6. The normalized spacial score (nSPS) is 11.5. The van der Waals surface area contributed by atoms with Crippen LogP contribution in [0.5, 0.6) is 0 Å². The second-order valence-electron chi connectivity index (χ2n) is 4.50. The van der Waals surface area contributed by atoms with Crippen molar-refractivity contribution in [2.24, 2.45) is 0 Å². The number of rotatable bonds is 4. The molecule has 3 nitrogen and oxygen atoms in total. The highest BCUT2D eigenvalue weighted by Gasteiger charge is 2.19. The number of halogens is 3. The molecule has 22 heavy (non-hydrogen) atoms. The Morgan fingerprint density at radius 2 is 1.82 bits per heavy atom. The first-order valence-corrected chi connectivity index (χ1v) is 9.10. The zero-order chi connectivity index (χ0) is 16.5. The smallest absolute Gasteiger partial charge is 0.195 e. The van der Waals surface area contributed by atoms with Gasteiger partial charge in [-0.1, -0.05) is 18.5 Å². The Morgan fingerprint density at radius 3 is 2.36 bits per heavy atom. The summed E-state index contributed by atoms with van der Waals surface area (Å²) in [6.07, 6.45) is 0. The minimum atomic E-state index is -3.36. The molecule has 0 saturated heterocycles. The van der Waals surface area contributed by atoms with E-state index in [-0.39, 0.29) is 26.8 Å². The SMILES string of the molecule is CCS(=O)(=O)c1ccc(C(=O)c2ccc(F)cc2Cl)c(Br)c1. The Labute approximate surface area is 141 Å². The van der Waals surface area contributed by atoms with Gasteiger partial charge in [0.1, 0.15) is 5.82 Å². The van der Waals surface area contributed by atoms with E-state index in [2.05, 4.69) is 15.9 Å². The molecule has 0 aliphatic carbocycles. The molecule has 0 aliphatic rings. The highest BCUT2D eigenvalue weighted by molar-refractivity contribution is 9.10. The Kier molecular flexibility index (Phi) is 5.04. The maximum absolute atomic E-state index is 13.0. The lowest BCUT2D eigenvalue weighted by atomic mass is 10.0. The summed E-state index contributed by atoms with van der Waals surface area (Å²) >= 11 is 9.08. The number of benzene rings is 2. The van der Waals surface area contributed by atoms with Crippen molar-refractivity contribution in [2.45, 2.75) is 11.8 Å². The molecule has 0 N–H and O–H groups in total. The van der Waals surface area contributed by atoms with Crippen LogP contribution in [0, 0.1) is 5.82 Å². The molecule has 2 aromatic carbocycles. The van der Waals surface area contributed by atoms with Crippen LogP contribution < -0.4 is 0 Å². The van der Waals surface area contributed by atoms with Crippen molar-refractivity contribution in [1.82, 2.24) is 0 Å². The summed E-state index contributed by atoms with van der Waals surface area (Å²) in [5, 5.41) is 0.00200. The van der Waals surface area contributed by atoms with Crippen molar-refractivity contribution in [2.75, 3.05) is 5.75 Å². The van der Waals surface area contributed by atoms with Crippen LogP contribution in [0.3, 0.4) is 0 Å². The molecule has 7 heteroatoms. The van der Waals surface area contributed by atoms with Crippen LogP contribution in [0.4, 0.5) is 4.39 Å². The second-order valence-corrected chi connectivity index (χ2v) is 8.04. The number of sulfone groups is 1. The minimum Gasteiger partial charge on any atom is -0.289 e. The topological polar surface area (TPSA) is 51.2 Å². The van der Waals surface area contributed by atoms with Crippen LogP contribution in [0.25, 0.3) is 0 Å². The summed E-state index contributed by atoms with van der Waals surface area (Å²) < 4.78 is 37.0. The van der Waals surface area contributed by atoms with E-state index in [0.29, 0.717) is 4.47 Å². The van der Waals surface area contributed by atoms with Crippen LogP contribution in [0.15, 0.2) is 45.8 Å². The maximum atomic E-state index is 13.0. The Morgan fingerprint density at radius 1 is 1.18 bits per heavy atom. The van der Waals surface area contributed by atoms with Crippen LogP contribution in [-0.4, -0.2) is 20.0 Å². The molecule has 0 bridgehead atoms. The van der Waals surface area contributed by atoms with Crippen LogP contribution in [-0.2, 0) is 9.84 Å². The van der Waals surface area contributed by atoms with E-state index in [4.69, 9.17) is 11.6 Å². The molecule has 0 spiro atoms. The molecule has 2 rings (SSSR count). The van der Waals surface area contributed by atoms with E-state index >= 15 is 0 Å². The number of ketones is 1. The van der Waals surface area contributed by atoms with E-state index in [1.165, 1.54) is 24.3 Å². The van der Waals surface area contributed by atoms with Gasteiger partial charge in [-0.15, -0.1) is 0 Å². The summed E-state index contributed by atoms with van der Waals surface area (Å²) in [6, 6.07) is 7.65. The lowest BCUT2D eigenvalue weighted by Crippen LogP contribution is -2.07. The monoisotopic (exact) mass is 404 g/mol. The Hall–Kier alpha value is -1.24. The third-order valence-electron chi connectivity index (χ3n) is 3.10. The molecule has 0 radical (unpaired) electrons. The molecule has 0 saturated carbocycles. The summed E-state index contributed by atoms with van der Waals surface area (Å²) in [4.78, 5) is 12.6. The van der Waals surface area contributed by atoms with Gasteiger partial charge in [-0.2, -0.15) is 0 Å². The highest BCUT2D eigenvalue weighted by atomic mass is 79.9. The summed E-state index contributed by atoms with van der Waals surface area (Å²) in [5.74, 6) is -0.987. The van der Waals surface area contributed by atoms with E-state index in [1.54, 1.807) is 6.92 Å². The summed E-state index contributed by atoms with van der Waals surface area (Å²) in [7, 11) is -3.36. The van der Waals surface area contributed by atoms with Gasteiger partial charge in [-0.25, -0.2) is 12.8 Å². The number of hydrogen-bond donors (Lipinski definition) is 0. The fourth-order valence-electron chi connectivity index (χ4n) is 1.86. The van der Waals surface area contributed by atoms with Gasteiger partial charge in [-0.3, -0.25) is 4.79 Å². The van der Waals surface area contributed by atoms with E-state index in [0.717, 1.165) is 12.1 Å². The van der Waals surface area contributed by atoms with Crippen molar-refractivity contribution in [3.63, 3.8) is 0 Å². The molecule has 0 heterocycles.